The maximum Gasteiger partial charge on any atom is 0.0980 e. The van der Waals surface area contributed by atoms with Gasteiger partial charge in [-0.15, -0.1) is 0 Å². The summed E-state index contributed by atoms with van der Waals surface area (Å²) in [6.45, 7) is 2.52. The Bertz CT molecular complexity index is 296. The van der Waals surface area contributed by atoms with E-state index in [1.54, 1.807) is 0 Å². The lowest BCUT2D eigenvalue weighted by atomic mass is 10.0. The molecule has 0 fully saturated rings. The van der Waals surface area contributed by atoms with Crippen LogP contribution in [0.25, 0.3) is 0 Å². The van der Waals surface area contributed by atoms with Crippen LogP contribution in [0.1, 0.15) is 17.0 Å². The molecule has 0 amide bonds. The molecule has 1 N–H and O–H groups in total. The van der Waals surface area contributed by atoms with Crippen molar-refractivity contribution < 1.29 is 4.39 Å². The molecule has 2 heteroatoms. The molecule has 0 bridgehead atoms. The van der Waals surface area contributed by atoms with Crippen LogP contribution in [-0.2, 0) is 0 Å². The van der Waals surface area contributed by atoms with Gasteiger partial charge in [0.1, 0.15) is 0 Å². The number of benzene rings is 1. The van der Waals surface area contributed by atoms with Gasteiger partial charge in [0.25, 0.3) is 0 Å². The summed E-state index contributed by atoms with van der Waals surface area (Å²) >= 11 is 0. The van der Waals surface area contributed by atoms with Crippen molar-refractivity contribution in [2.45, 2.75) is 12.8 Å². The summed E-state index contributed by atoms with van der Waals surface area (Å²) in [6, 6.07) is 6.15. The Morgan fingerprint density at radius 3 is 3.17 bits per heavy atom. The number of hydrogen-bond acceptors (Lipinski definition) is 1. The van der Waals surface area contributed by atoms with E-state index in [4.69, 9.17) is 0 Å². The number of anilines is 1. The maximum atomic E-state index is 12.5. The number of rotatable bonds is 1. The first kappa shape index (κ1) is 7.59. The number of halogens is 1. The van der Waals surface area contributed by atoms with E-state index in [0.717, 1.165) is 17.8 Å². The van der Waals surface area contributed by atoms with Gasteiger partial charge in [0.05, 0.1) is 6.67 Å². The van der Waals surface area contributed by atoms with E-state index < -0.39 is 0 Å². The topological polar surface area (TPSA) is 12.0 Å². The highest BCUT2D eigenvalue weighted by Gasteiger charge is 2.21. The highest BCUT2D eigenvalue weighted by atomic mass is 19.1. The van der Waals surface area contributed by atoms with Crippen LogP contribution in [0, 0.1) is 6.92 Å². The molecule has 1 nitrogen and oxygen atoms in total. The number of aryl methyl sites for hydroxylation is 1. The van der Waals surface area contributed by atoms with Crippen LogP contribution >= 0.6 is 0 Å². The van der Waals surface area contributed by atoms with E-state index in [-0.39, 0.29) is 12.6 Å². The van der Waals surface area contributed by atoms with Crippen LogP contribution in [0.15, 0.2) is 18.2 Å². The van der Waals surface area contributed by atoms with Gasteiger partial charge in [-0.25, -0.2) is 0 Å². The van der Waals surface area contributed by atoms with E-state index in [9.17, 15) is 4.39 Å². The SMILES string of the molecule is Cc1ccc2c(c1)C(CF)CN2. The number of alkyl halides is 1. The molecular formula is C10H12FN. The first-order valence-electron chi connectivity index (χ1n) is 4.21. The first-order valence-corrected chi connectivity index (χ1v) is 4.21. The van der Waals surface area contributed by atoms with Gasteiger partial charge in [0, 0.05) is 18.2 Å². The molecule has 0 aromatic heterocycles. The Kier molecular flexibility index (Phi) is 1.75. The van der Waals surface area contributed by atoms with Gasteiger partial charge in [-0.3, -0.25) is 4.39 Å². The fraction of sp³-hybridized carbons (Fsp3) is 0.400. The highest BCUT2D eigenvalue weighted by Crippen LogP contribution is 2.31. The number of nitrogens with one attached hydrogen (secondary N) is 1. The Morgan fingerprint density at radius 1 is 1.58 bits per heavy atom. The molecule has 1 atom stereocenters. The largest absolute Gasteiger partial charge is 0.384 e. The standard InChI is InChI=1S/C10H12FN/c1-7-2-3-10-9(4-7)8(5-11)6-12-10/h2-4,8,12H,5-6H2,1H3. The van der Waals surface area contributed by atoms with Crippen LogP contribution in [0.5, 0.6) is 0 Å². The van der Waals surface area contributed by atoms with Crippen molar-refractivity contribution in [3.8, 4) is 0 Å². The molecule has 0 saturated carbocycles. The predicted molar refractivity (Wildman–Crippen MR) is 48.4 cm³/mol. The Morgan fingerprint density at radius 2 is 2.42 bits per heavy atom. The molecule has 0 aliphatic carbocycles. The molecule has 0 saturated heterocycles. The summed E-state index contributed by atoms with van der Waals surface area (Å²) in [4.78, 5) is 0. The van der Waals surface area contributed by atoms with Gasteiger partial charge < -0.3 is 5.32 Å². The minimum absolute atomic E-state index is 0.0694. The normalized spacial score (nSPS) is 20.3. The smallest absolute Gasteiger partial charge is 0.0980 e. The average molecular weight is 165 g/mol. The van der Waals surface area contributed by atoms with Crippen molar-refractivity contribution in [2.75, 3.05) is 18.5 Å². The summed E-state index contributed by atoms with van der Waals surface area (Å²) < 4.78 is 12.5. The lowest BCUT2D eigenvalue weighted by molar-refractivity contribution is 0.446. The fourth-order valence-corrected chi connectivity index (χ4v) is 1.66. The highest BCUT2D eigenvalue weighted by molar-refractivity contribution is 5.58. The van der Waals surface area contributed by atoms with Crippen LogP contribution in [0.4, 0.5) is 10.1 Å². The summed E-state index contributed by atoms with van der Waals surface area (Å²) in [5, 5.41) is 3.19. The van der Waals surface area contributed by atoms with Gasteiger partial charge in [-0.1, -0.05) is 17.7 Å². The predicted octanol–water partition coefficient (Wildman–Crippen LogP) is 2.47. The Hall–Kier alpha value is -1.05. The first-order chi connectivity index (χ1) is 5.81. The molecule has 1 unspecified atom stereocenters. The molecule has 1 aromatic carbocycles. The fourth-order valence-electron chi connectivity index (χ4n) is 1.66. The van der Waals surface area contributed by atoms with Gasteiger partial charge >= 0.3 is 0 Å². The molecule has 64 valence electrons. The zero-order chi connectivity index (χ0) is 8.55. The molecule has 0 spiro atoms. The Labute approximate surface area is 71.6 Å². The van der Waals surface area contributed by atoms with E-state index in [0.29, 0.717) is 0 Å². The molecule has 12 heavy (non-hydrogen) atoms. The number of fused-ring (bicyclic) bond motifs is 1. The van der Waals surface area contributed by atoms with E-state index >= 15 is 0 Å². The zero-order valence-corrected chi connectivity index (χ0v) is 7.10. The van der Waals surface area contributed by atoms with Crippen molar-refractivity contribution in [1.82, 2.24) is 0 Å². The lowest BCUT2D eigenvalue weighted by Crippen LogP contribution is -2.03. The van der Waals surface area contributed by atoms with E-state index in [1.807, 2.05) is 19.1 Å². The molecule has 0 radical (unpaired) electrons. The van der Waals surface area contributed by atoms with Gasteiger partial charge in [-0.05, 0) is 18.6 Å². The van der Waals surface area contributed by atoms with Crippen molar-refractivity contribution in [3.63, 3.8) is 0 Å². The molecular weight excluding hydrogens is 153 g/mol. The van der Waals surface area contributed by atoms with Crippen molar-refractivity contribution in [2.24, 2.45) is 0 Å². The van der Waals surface area contributed by atoms with Gasteiger partial charge in [0.15, 0.2) is 0 Å². The quantitative estimate of drug-likeness (QED) is 0.674. The van der Waals surface area contributed by atoms with E-state index in [1.165, 1.54) is 5.56 Å². The summed E-state index contributed by atoms with van der Waals surface area (Å²) in [7, 11) is 0. The third-order valence-electron chi connectivity index (χ3n) is 2.37. The lowest BCUT2D eigenvalue weighted by Gasteiger charge is -2.04. The molecule has 1 aromatic rings. The second kappa shape index (κ2) is 2.77. The zero-order valence-electron chi connectivity index (χ0n) is 7.10. The minimum Gasteiger partial charge on any atom is -0.384 e. The maximum absolute atomic E-state index is 12.5. The Balaban J connectivity index is 2.42. The van der Waals surface area contributed by atoms with Crippen molar-refractivity contribution in [1.29, 1.82) is 0 Å². The second-order valence-electron chi connectivity index (χ2n) is 3.32. The van der Waals surface area contributed by atoms with Gasteiger partial charge in [-0.2, -0.15) is 0 Å². The van der Waals surface area contributed by atoms with Crippen LogP contribution in [-0.4, -0.2) is 13.2 Å². The molecule has 1 aliphatic heterocycles. The van der Waals surface area contributed by atoms with E-state index in [2.05, 4.69) is 11.4 Å². The molecule has 1 aliphatic rings. The molecule has 2 rings (SSSR count). The third-order valence-corrected chi connectivity index (χ3v) is 2.37. The third kappa shape index (κ3) is 1.07. The summed E-state index contributed by atoms with van der Waals surface area (Å²) in [5.41, 5.74) is 3.44. The van der Waals surface area contributed by atoms with Crippen molar-refractivity contribution >= 4 is 5.69 Å². The monoisotopic (exact) mass is 165 g/mol. The van der Waals surface area contributed by atoms with Crippen molar-refractivity contribution in [3.05, 3.63) is 29.3 Å². The minimum atomic E-state index is -0.260. The van der Waals surface area contributed by atoms with Gasteiger partial charge in [0.2, 0.25) is 0 Å². The summed E-state index contributed by atoms with van der Waals surface area (Å²) in [6.07, 6.45) is 0. The van der Waals surface area contributed by atoms with Crippen LogP contribution < -0.4 is 5.32 Å². The summed E-state index contributed by atoms with van der Waals surface area (Å²) in [5.74, 6) is 0.0694. The molecule has 1 heterocycles. The second-order valence-corrected chi connectivity index (χ2v) is 3.32. The average Bonchev–Trinajstić information content (AvgIpc) is 2.46. The van der Waals surface area contributed by atoms with Crippen LogP contribution in [0.3, 0.4) is 0 Å². The number of hydrogen-bond donors (Lipinski definition) is 1. The van der Waals surface area contributed by atoms with Crippen LogP contribution in [0.2, 0.25) is 0 Å².